The molecule has 2 unspecified atom stereocenters. The number of nitrogens with zero attached hydrogens (tertiary/aromatic N) is 5. The standard InChI is InChI=1S/C31H31F3N6O/c32-23-9-6-18-4-1-5-21(24(18)25(23)33)27-26(34)28-22(14-35-27)29(39-15-19-7-8-20(16-39)36-19)38-30(37-28)41-17-31-10-2-12-40(31)13-3-11-31/h1,4-6,9,14,19-20,36H,2-3,7-8,10-13,15-17H2. The van der Waals surface area contributed by atoms with Gasteiger partial charge in [0, 0.05) is 42.3 Å². The van der Waals surface area contributed by atoms with Gasteiger partial charge in [-0.2, -0.15) is 9.97 Å². The lowest BCUT2D eigenvalue weighted by Crippen LogP contribution is -2.51. The smallest absolute Gasteiger partial charge is 0.319 e. The fourth-order valence-corrected chi connectivity index (χ4v) is 7.65. The highest BCUT2D eigenvalue weighted by atomic mass is 19.2. The lowest BCUT2D eigenvalue weighted by Gasteiger charge is -2.34. The van der Waals surface area contributed by atoms with Crippen molar-refractivity contribution in [1.29, 1.82) is 0 Å². The minimum absolute atomic E-state index is 0.00987. The first-order valence-corrected chi connectivity index (χ1v) is 14.6. The Labute approximate surface area is 235 Å². The molecule has 4 aliphatic rings. The summed E-state index contributed by atoms with van der Waals surface area (Å²) in [5, 5.41) is 4.56. The highest BCUT2D eigenvalue weighted by Crippen LogP contribution is 2.40. The molecule has 7 nitrogen and oxygen atoms in total. The van der Waals surface area contributed by atoms with Gasteiger partial charge in [0.25, 0.3) is 0 Å². The normalized spacial score (nSPS) is 23.5. The second-order valence-corrected chi connectivity index (χ2v) is 12.0. The topological polar surface area (TPSA) is 66.4 Å². The average molecular weight is 561 g/mol. The van der Waals surface area contributed by atoms with Crippen LogP contribution in [0.25, 0.3) is 32.9 Å². The minimum Gasteiger partial charge on any atom is -0.461 e. The van der Waals surface area contributed by atoms with Crippen LogP contribution in [0.4, 0.5) is 19.0 Å². The van der Waals surface area contributed by atoms with E-state index in [1.807, 2.05) is 0 Å². The Hall–Kier alpha value is -3.50. The van der Waals surface area contributed by atoms with Crippen molar-refractivity contribution < 1.29 is 17.9 Å². The molecule has 0 saturated carbocycles. The molecule has 0 radical (unpaired) electrons. The van der Waals surface area contributed by atoms with Crippen molar-refractivity contribution in [2.45, 2.75) is 56.1 Å². The SMILES string of the molecule is Fc1ccc2cccc(-c3ncc4c(N5CC6CCC(C5)N6)nc(OCC56CCCN5CCC6)nc4c3F)c2c1F. The number of anilines is 1. The maximum atomic E-state index is 16.5. The first-order valence-electron chi connectivity index (χ1n) is 14.6. The Morgan fingerprint density at radius 2 is 1.73 bits per heavy atom. The molecule has 0 amide bonds. The van der Waals surface area contributed by atoms with E-state index < -0.39 is 17.5 Å². The van der Waals surface area contributed by atoms with Crippen molar-refractivity contribution in [2.24, 2.45) is 0 Å². The van der Waals surface area contributed by atoms with Crippen LogP contribution in [0, 0.1) is 17.5 Å². The number of aromatic nitrogens is 3. The van der Waals surface area contributed by atoms with Crippen molar-refractivity contribution in [3.05, 3.63) is 54.0 Å². The van der Waals surface area contributed by atoms with Crippen LogP contribution in [-0.2, 0) is 0 Å². The van der Waals surface area contributed by atoms with E-state index in [9.17, 15) is 4.39 Å². The van der Waals surface area contributed by atoms with Gasteiger partial charge in [0.1, 0.15) is 23.6 Å². The molecule has 4 aromatic rings. The van der Waals surface area contributed by atoms with Gasteiger partial charge in [-0.25, -0.2) is 13.2 Å². The summed E-state index contributed by atoms with van der Waals surface area (Å²) >= 11 is 0. The number of hydrogen-bond acceptors (Lipinski definition) is 7. The van der Waals surface area contributed by atoms with E-state index in [2.05, 4.69) is 25.1 Å². The van der Waals surface area contributed by atoms with Crippen molar-refractivity contribution in [2.75, 3.05) is 37.7 Å². The van der Waals surface area contributed by atoms with Crippen LogP contribution >= 0.6 is 0 Å². The molecule has 41 heavy (non-hydrogen) atoms. The van der Waals surface area contributed by atoms with Crippen molar-refractivity contribution in [3.63, 3.8) is 0 Å². The van der Waals surface area contributed by atoms with E-state index in [1.54, 1.807) is 24.4 Å². The highest BCUT2D eigenvalue weighted by Gasteiger charge is 2.45. The molecule has 2 aromatic carbocycles. The number of nitrogens with one attached hydrogen (secondary N) is 1. The van der Waals surface area contributed by atoms with E-state index in [1.165, 1.54) is 6.07 Å². The zero-order chi connectivity index (χ0) is 27.7. The highest BCUT2D eigenvalue weighted by molar-refractivity contribution is 5.99. The average Bonchev–Trinajstić information content (AvgIpc) is 3.67. The molecule has 2 bridgehead atoms. The molecule has 4 aliphatic heterocycles. The second-order valence-electron chi connectivity index (χ2n) is 12.0. The number of rotatable bonds is 5. The lowest BCUT2D eigenvalue weighted by atomic mass is 9.95. The largest absolute Gasteiger partial charge is 0.461 e. The van der Waals surface area contributed by atoms with E-state index in [0.29, 0.717) is 35.3 Å². The molecule has 212 valence electrons. The Kier molecular flexibility index (Phi) is 5.86. The van der Waals surface area contributed by atoms with Gasteiger partial charge >= 0.3 is 6.01 Å². The summed E-state index contributed by atoms with van der Waals surface area (Å²) in [5.74, 6) is -2.12. The Morgan fingerprint density at radius 1 is 0.951 bits per heavy atom. The molecule has 2 atom stereocenters. The number of piperazine rings is 1. The van der Waals surface area contributed by atoms with Gasteiger partial charge < -0.3 is 15.0 Å². The summed E-state index contributed by atoms with van der Waals surface area (Å²) in [6, 6.07) is 8.30. The predicted octanol–water partition coefficient (Wildman–Crippen LogP) is 5.21. The number of pyridine rings is 1. The summed E-state index contributed by atoms with van der Waals surface area (Å²) < 4.78 is 52.1. The molecule has 2 aromatic heterocycles. The Morgan fingerprint density at radius 3 is 2.51 bits per heavy atom. The molecule has 8 rings (SSSR count). The third-order valence-electron chi connectivity index (χ3n) is 9.63. The van der Waals surface area contributed by atoms with Gasteiger partial charge in [-0.1, -0.05) is 24.3 Å². The van der Waals surface area contributed by atoms with Crippen LogP contribution < -0.4 is 15.0 Å². The summed E-state index contributed by atoms with van der Waals surface area (Å²) in [7, 11) is 0. The predicted molar refractivity (Wildman–Crippen MR) is 151 cm³/mol. The maximum absolute atomic E-state index is 16.5. The first-order chi connectivity index (χ1) is 20.0. The maximum Gasteiger partial charge on any atom is 0.319 e. The van der Waals surface area contributed by atoms with Crippen LogP contribution in [0.5, 0.6) is 6.01 Å². The van der Waals surface area contributed by atoms with Crippen LogP contribution in [-0.4, -0.2) is 70.3 Å². The molecular formula is C31H31F3N6O. The van der Waals surface area contributed by atoms with Gasteiger partial charge in [0.15, 0.2) is 17.5 Å². The van der Waals surface area contributed by atoms with Gasteiger partial charge in [0.2, 0.25) is 0 Å². The third kappa shape index (κ3) is 4.06. The number of benzene rings is 2. The van der Waals surface area contributed by atoms with Crippen LogP contribution in [0.1, 0.15) is 38.5 Å². The summed E-state index contributed by atoms with van der Waals surface area (Å²) in [4.78, 5) is 18.6. The van der Waals surface area contributed by atoms with Gasteiger partial charge in [0.05, 0.1) is 10.9 Å². The molecular weight excluding hydrogens is 529 g/mol. The zero-order valence-electron chi connectivity index (χ0n) is 22.7. The zero-order valence-corrected chi connectivity index (χ0v) is 22.7. The third-order valence-corrected chi connectivity index (χ3v) is 9.63. The molecule has 0 aliphatic carbocycles. The number of fused-ring (bicyclic) bond motifs is 5. The quantitative estimate of drug-likeness (QED) is 0.360. The fraction of sp³-hybridized carbons (Fsp3) is 0.452. The molecule has 4 saturated heterocycles. The van der Waals surface area contributed by atoms with Crippen LogP contribution in [0.3, 0.4) is 0 Å². The Bertz CT molecular complexity index is 1660. The minimum atomic E-state index is -1.03. The molecule has 1 N–H and O–H groups in total. The summed E-state index contributed by atoms with van der Waals surface area (Å²) in [6.07, 6.45) is 8.16. The summed E-state index contributed by atoms with van der Waals surface area (Å²) in [5.41, 5.74) is 0.147. The molecule has 10 heteroatoms. The number of hydrogen-bond donors (Lipinski definition) is 1. The molecule has 0 spiro atoms. The fourth-order valence-electron chi connectivity index (χ4n) is 7.65. The van der Waals surface area contributed by atoms with E-state index >= 15 is 8.78 Å². The molecule has 6 heterocycles. The van der Waals surface area contributed by atoms with Crippen molar-refractivity contribution >= 4 is 27.5 Å². The van der Waals surface area contributed by atoms with E-state index in [4.69, 9.17) is 9.72 Å². The van der Waals surface area contributed by atoms with Crippen LogP contribution in [0.15, 0.2) is 36.5 Å². The first kappa shape index (κ1) is 25.2. The molecule has 4 fully saturated rings. The van der Waals surface area contributed by atoms with E-state index in [-0.39, 0.29) is 33.7 Å². The Balaban J connectivity index is 1.26. The van der Waals surface area contributed by atoms with E-state index in [0.717, 1.165) is 70.8 Å². The number of halogens is 3. The van der Waals surface area contributed by atoms with Crippen molar-refractivity contribution in [1.82, 2.24) is 25.2 Å². The summed E-state index contributed by atoms with van der Waals surface area (Å²) in [6.45, 7) is 4.09. The van der Waals surface area contributed by atoms with Gasteiger partial charge in [-0.05, 0) is 63.1 Å². The monoisotopic (exact) mass is 560 g/mol. The van der Waals surface area contributed by atoms with Gasteiger partial charge in [-0.15, -0.1) is 0 Å². The lowest BCUT2D eigenvalue weighted by molar-refractivity contribution is 0.108. The van der Waals surface area contributed by atoms with Gasteiger partial charge in [-0.3, -0.25) is 9.88 Å². The number of ether oxygens (including phenoxy) is 1. The van der Waals surface area contributed by atoms with Crippen molar-refractivity contribution in [3.8, 4) is 17.3 Å². The second kappa shape index (κ2) is 9.52. The van der Waals surface area contributed by atoms with Crippen LogP contribution in [0.2, 0.25) is 0 Å².